The van der Waals surface area contributed by atoms with Crippen LogP contribution in [0.25, 0.3) is 0 Å². The number of amides is 3. The first-order valence-electron chi connectivity index (χ1n) is 9.52. The van der Waals surface area contributed by atoms with Gasteiger partial charge in [0.25, 0.3) is 17.7 Å². The van der Waals surface area contributed by atoms with E-state index in [2.05, 4.69) is 5.32 Å². The number of nitrogens with one attached hydrogen (secondary N) is 1. The molecular weight excluding hydrogens is 358 g/mol. The molecule has 1 fully saturated rings. The van der Waals surface area contributed by atoms with Gasteiger partial charge in [0.1, 0.15) is 0 Å². The maximum Gasteiger partial charge on any atom is 0.289 e. The zero-order chi connectivity index (χ0) is 20.1. The summed E-state index contributed by atoms with van der Waals surface area (Å²) in [5.41, 5.74) is 0.945. The van der Waals surface area contributed by atoms with Crippen molar-refractivity contribution in [1.82, 2.24) is 15.1 Å². The van der Waals surface area contributed by atoms with Crippen LogP contribution >= 0.6 is 0 Å². The lowest BCUT2D eigenvalue weighted by molar-refractivity contribution is 0.0518. The summed E-state index contributed by atoms with van der Waals surface area (Å²) < 4.78 is 5.15. The molecule has 28 heavy (non-hydrogen) atoms. The monoisotopic (exact) mass is 383 g/mol. The summed E-state index contributed by atoms with van der Waals surface area (Å²) in [6, 6.07) is 10.1. The maximum atomic E-state index is 12.8. The number of piperazine rings is 1. The van der Waals surface area contributed by atoms with E-state index in [0.717, 1.165) is 6.42 Å². The molecule has 0 radical (unpaired) electrons. The van der Waals surface area contributed by atoms with Gasteiger partial charge in [-0.2, -0.15) is 0 Å². The largest absolute Gasteiger partial charge is 0.459 e. The van der Waals surface area contributed by atoms with Crippen LogP contribution in [0.1, 0.15) is 51.5 Å². The number of hydrogen-bond donors (Lipinski definition) is 1. The van der Waals surface area contributed by atoms with Gasteiger partial charge < -0.3 is 19.5 Å². The zero-order valence-electron chi connectivity index (χ0n) is 16.2. The highest BCUT2D eigenvalue weighted by Crippen LogP contribution is 2.14. The molecule has 0 saturated carbocycles. The van der Waals surface area contributed by atoms with Crippen LogP contribution in [0.5, 0.6) is 0 Å². The zero-order valence-corrected chi connectivity index (χ0v) is 16.2. The number of benzene rings is 1. The smallest absolute Gasteiger partial charge is 0.289 e. The van der Waals surface area contributed by atoms with Crippen molar-refractivity contribution in [1.29, 1.82) is 0 Å². The highest BCUT2D eigenvalue weighted by molar-refractivity contribution is 6.00. The molecule has 1 aromatic carbocycles. The number of rotatable bonds is 5. The summed E-state index contributed by atoms with van der Waals surface area (Å²) in [5.74, 6) is -0.179. The van der Waals surface area contributed by atoms with E-state index in [4.69, 9.17) is 4.42 Å². The van der Waals surface area contributed by atoms with Crippen LogP contribution < -0.4 is 5.32 Å². The van der Waals surface area contributed by atoms with Crippen molar-refractivity contribution in [2.75, 3.05) is 26.2 Å². The number of furan rings is 1. The number of carbonyl (C=O) groups is 3. The Morgan fingerprint density at radius 1 is 1.00 bits per heavy atom. The Labute approximate surface area is 164 Å². The molecule has 1 aliphatic heterocycles. The van der Waals surface area contributed by atoms with Gasteiger partial charge in [-0.1, -0.05) is 13.0 Å². The molecular formula is C21H25N3O4. The van der Waals surface area contributed by atoms with Crippen LogP contribution in [0, 0.1) is 0 Å². The molecule has 148 valence electrons. The predicted octanol–water partition coefficient (Wildman–Crippen LogP) is 2.41. The second-order valence-corrected chi connectivity index (χ2v) is 6.93. The first kappa shape index (κ1) is 19.7. The van der Waals surface area contributed by atoms with Crippen LogP contribution in [0.3, 0.4) is 0 Å². The molecule has 0 aliphatic carbocycles. The van der Waals surface area contributed by atoms with Gasteiger partial charge in [0.05, 0.1) is 6.26 Å². The average molecular weight is 383 g/mol. The Morgan fingerprint density at radius 3 is 2.25 bits per heavy atom. The lowest BCUT2D eigenvalue weighted by atomic mass is 10.1. The van der Waals surface area contributed by atoms with Crippen molar-refractivity contribution in [3.05, 3.63) is 59.5 Å². The first-order chi connectivity index (χ1) is 13.5. The van der Waals surface area contributed by atoms with Crippen LogP contribution in [0.4, 0.5) is 0 Å². The summed E-state index contributed by atoms with van der Waals surface area (Å²) in [4.78, 5) is 40.8. The first-order valence-corrected chi connectivity index (χ1v) is 9.52. The van der Waals surface area contributed by atoms with Crippen molar-refractivity contribution in [3.8, 4) is 0 Å². The van der Waals surface area contributed by atoms with Crippen LogP contribution in [0.2, 0.25) is 0 Å². The average Bonchev–Trinajstić information content (AvgIpc) is 3.27. The molecule has 0 bridgehead atoms. The minimum atomic E-state index is -0.183. The van der Waals surface area contributed by atoms with Crippen molar-refractivity contribution >= 4 is 17.7 Å². The quantitative estimate of drug-likeness (QED) is 0.860. The van der Waals surface area contributed by atoms with E-state index in [0.29, 0.717) is 43.1 Å². The van der Waals surface area contributed by atoms with Crippen molar-refractivity contribution in [2.24, 2.45) is 0 Å². The highest BCUT2D eigenvalue weighted by Gasteiger charge is 2.26. The van der Waals surface area contributed by atoms with Crippen LogP contribution in [-0.4, -0.2) is 59.7 Å². The predicted molar refractivity (Wildman–Crippen MR) is 104 cm³/mol. The molecule has 3 rings (SSSR count). The van der Waals surface area contributed by atoms with E-state index in [1.807, 2.05) is 13.8 Å². The minimum Gasteiger partial charge on any atom is -0.459 e. The van der Waals surface area contributed by atoms with E-state index >= 15 is 0 Å². The highest BCUT2D eigenvalue weighted by atomic mass is 16.3. The normalized spacial score (nSPS) is 15.2. The SMILES string of the molecule is CCC(C)NC(=O)c1cccc(C(=O)N2CCN(C(=O)c3ccco3)CC2)c1. The topological polar surface area (TPSA) is 82.9 Å². The third kappa shape index (κ3) is 4.42. The molecule has 1 aliphatic rings. The van der Waals surface area contributed by atoms with Gasteiger partial charge >= 0.3 is 0 Å². The number of carbonyl (C=O) groups excluding carboxylic acids is 3. The molecule has 2 heterocycles. The van der Waals surface area contributed by atoms with Gasteiger partial charge in [0.15, 0.2) is 5.76 Å². The van der Waals surface area contributed by atoms with Gasteiger partial charge in [-0.25, -0.2) is 0 Å². The second kappa shape index (κ2) is 8.73. The molecule has 1 atom stereocenters. The maximum absolute atomic E-state index is 12.8. The van der Waals surface area contributed by atoms with Crippen LogP contribution in [0.15, 0.2) is 47.1 Å². The number of nitrogens with zero attached hydrogens (tertiary/aromatic N) is 2. The van der Waals surface area contributed by atoms with Gasteiger partial charge in [-0.05, 0) is 43.7 Å². The summed E-state index contributed by atoms with van der Waals surface area (Å²) in [5, 5.41) is 2.91. The molecule has 2 aromatic rings. The lowest BCUT2D eigenvalue weighted by Crippen LogP contribution is -2.50. The Bertz CT molecular complexity index is 839. The van der Waals surface area contributed by atoms with Gasteiger partial charge in [-0.15, -0.1) is 0 Å². The van der Waals surface area contributed by atoms with E-state index in [1.54, 1.807) is 46.2 Å². The third-order valence-electron chi connectivity index (χ3n) is 4.95. The van der Waals surface area contributed by atoms with Crippen molar-refractivity contribution < 1.29 is 18.8 Å². The molecule has 1 N–H and O–H groups in total. The Morgan fingerprint density at radius 2 is 1.64 bits per heavy atom. The fourth-order valence-corrected chi connectivity index (χ4v) is 3.05. The van der Waals surface area contributed by atoms with E-state index in [-0.39, 0.29) is 23.8 Å². The molecule has 1 unspecified atom stereocenters. The minimum absolute atomic E-state index is 0.0756. The molecule has 7 heteroatoms. The summed E-state index contributed by atoms with van der Waals surface area (Å²) in [6.07, 6.45) is 2.31. The third-order valence-corrected chi connectivity index (χ3v) is 4.95. The van der Waals surface area contributed by atoms with Crippen molar-refractivity contribution in [3.63, 3.8) is 0 Å². The molecule has 7 nitrogen and oxygen atoms in total. The standard InChI is InChI=1S/C21H25N3O4/c1-3-15(2)22-19(25)16-6-4-7-17(14-16)20(26)23-9-11-24(12-10-23)21(27)18-8-5-13-28-18/h4-8,13-15H,3,9-12H2,1-2H3,(H,22,25). The summed E-state index contributed by atoms with van der Waals surface area (Å²) in [6.45, 7) is 5.71. The van der Waals surface area contributed by atoms with Crippen LogP contribution in [-0.2, 0) is 0 Å². The lowest BCUT2D eigenvalue weighted by Gasteiger charge is -2.34. The van der Waals surface area contributed by atoms with E-state index in [1.165, 1.54) is 6.26 Å². The Kier molecular flexibility index (Phi) is 6.13. The molecule has 3 amide bonds. The Hall–Kier alpha value is -3.09. The number of hydrogen-bond acceptors (Lipinski definition) is 4. The summed E-state index contributed by atoms with van der Waals surface area (Å²) in [7, 11) is 0. The van der Waals surface area contributed by atoms with Gasteiger partial charge in [0, 0.05) is 43.3 Å². The Balaban J connectivity index is 1.61. The fourth-order valence-electron chi connectivity index (χ4n) is 3.05. The second-order valence-electron chi connectivity index (χ2n) is 6.93. The van der Waals surface area contributed by atoms with Crippen molar-refractivity contribution in [2.45, 2.75) is 26.3 Å². The van der Waals surface area contributed by atoms with E-state index in [9.17, 15) is 14.4 Å². The van der Waals surface area contributed by atoms with Gasteiger partial charge in [-0.3, -0.25) is 14.4 Å². The molecule has 1 saturated heterocycles. The van der Waals surface area contributed by atoms with E-state index < -0.39 is 0 Å². The van der Waals surface area contributed by atoms with Gasteiger partial charge in [0.2, 0.25) is 0 Å². The molecule has 1 aromatic heterocycles. The molecule has 0 spiro atoms. The summed E-state index contributed by atoms with van der Waals surface area (Å²) >= 11 is 0. The fraction of sp³-hybridized carbons (Fsp3) is 0.381.